The van der Waals surface area contributed by atoms with Crippen molar-refractivity contribution < 1.29 is 5.11 Å². The summed E-state index contributed by atoms with van der Waals surface area (Å²) in [6.07, 6.45) is 6.34. The van der Waals surface area contributed by atoms with E-state index in [1.165, 1.54) is 16.3 Å². The third-order valence-corrected chi connectivity index (χ3v) is 7.47. The van der Waals surface area contributed by atoms with Gasteiger partial charge in [-0.3, -0.25) is 0 Å². The molecule has 1 N–H and O–H groups in total. The van der Waals surface area contributed by atoms with Crippen molar-refractivity contribution in [2.45, 2.75) is 29.2 Å². The zero-order chi connectivity index (χ0) is 17.1. The van der Waals surface area contributed by atoms with Gasteiger partial charge in [0.2, 0.25) is 0 Å². The second-order valence-corrected chi connectivity index (χ2v) is 9.03. The molecule has 2 unspecified atom stereocenters. The summed E-state index contributed by atoms with van der Waals surface area (Å²) in [5.74, 6) is 0. The van der Waals surface area contributed by atoms with E-state index < -0.39 is 0 Å². The third-order valence-electron chi connectivity index (χ3n) is 4.75. The molecule has 1 aliphatic rings. The number of likely N-dealkylation sites (N-methyl/N-ethyl adjacent to an activating group) is 1. The summed E-state index contributed by atoms with van der Waals surface area (Å²) in [6.45, 7) is 2.25. The number of rotatable bonds is 6. The second-order valence-electron chi connectivity index (χ2n) is 6.57. The topological polar surface area (TPSA) is 23.5 Å². The molecule has 0 bridgehead atoms. The van der Waals surface area contributed by atoms with Gasteiger partial charge in [0, 0.05) is 0 Å². The van der Waals surface area contributed by atoms with Crippen LogP contribution in [0.1, 0.15) is 18.6 Å². The van der Waals surface area contributed by atoms with Gasteiger partial charge in [0.05, 0.1) is 0 Å². The van der Waals surface area contributed by atoms with Crippen molar-refractivity contribution in [3.05, 3.63) is 71.8 Å². The molecule has 1 aliphatic carbocycles. The molecule has 0 spiro atoms. The monoisotopic (exact) mass is 387 g/mol. The van der Waals surface area contributed by atoms with Crippen LogP contribution in [0.15, 0.2) is 66.3 Å². The summed E-state index contributed by atoms with van der Waals surface area (Å²) < 4.78 is 0. The van der Waals surface area contributed by atoms with Gasteiger partial charge >= 0.3 is 151 Å². The Hall–Kier alpha value is -1.38. The number of aliphatic hydroxyl groups is 1. The molecule has 2 aromatic rings. The molecule has 0 heterocycles. The van der Waals surface area contributed by atoms with Crippen molar-refractivity contribution in [2.75, 3.05) is 14.1 Å². The molecule has 0 saturated carbocycles. The minimum absolute atomic E-state index is 0.355. The van der Waals surface area contributed by atoms with Gasteiger partial charge in [0.15, 0.2) is 0 Å². The molecule has 2 nitrogen and oxygen atoms in total. The normalized spacial score (nSPS) is 19.7. The fourth-order valence-electron chi connectivity index (χ4n) is 3.01. The first-order valence-corrected chi connectivity index (χ1v) is 10.6. The molecule has 0 amide bonds. The van der Waals surface area contributed by atoms with Crippen molar-refractivity contribution in [3.63, 3.8) is 0 Å². The predicted molar refractivity (Wildman–Crippen MR) is 104 cm³/mol. The quantitative estimate of drug-likeness (QED) is 0.751. The van der Waals surface area contributed by atoms with Crippen LogP contribution in [0.2, 0.25) is 10.1 Å². The van der Waals surface area contributed by atoms with Crippen LogP contribution >= 0.6 is 0 Å². The molecular formula is C21H25NOSe. The van der Waals surface area contributed by atoms with Crippen molar-refractivity contribution >= 4 is 25.7 Å². The van der Waals surface area contributed by atoms with E-state index in [0.29, 0.717) is 25.8 Å². The molecule has 126 valence electrons. The van der Waals surface area contributed by atoms with Crippen molar-refractivity contribution in [1.82, 2.24) is 4.90 Å². The van der Waals surface area contributed by atoms with Gasteiger partial charge in [0.25, 0.3) is 0 Å². The van der Waals surface area contributed by atoms with Crippen LogP contribution in [0.25, 0.3) is 10.8 Å². The number of allylic oxidation sites excluding steroid dienone is 3. The Kier molecular flexibility index (Phi) is 5.57. The molecular weight excluding hydrogens is 361 g/mol. The fourth-order valence-corrected chi connectivity index (χ4v) is 5.63. The first-order chi connectivity index (χ1) is 11.6. The van der Waals surface area contributed by atoms with E-state index in [9.17, 15) is 5.11 Å². The molecule has 3 rings (SSSR count). The summed E-state index contributed by atoms with van der Waals surface area (Å²) in [5, 5.41) is 13.9. The van der Waals surface area contributed by atoms with Crippen LogP contribution in [0.4, 0.5) is 0 Å². The van der Waals surface area contributed by atoms with E-state index in [4.69, 9.17) is 0 Å². The Morgan fingerprint density at radius 3 is 2.62 bits per heavy atom. The zero-order valence-corrected chi connectivity index (χ0v) is 16.2. The van der Waals surface area contributed by atoms with Crippen LogP contribution in [-0.4, -0.2) is 45.1 Å². The first kappa shape index (κ1) is 17.4. The van der Waals surface area contributed by atoms with Crippen LogP contribution < -0.4 is 0 Å². The minimum atomic E-state index is -0.375. The van der Waals surface area contributed by atoms with Gasteiger partial charge < -0.3 is 0 Å². The van der Waals surface area contributed by atoms with Gasteiger partial charge in [-0.25, -0.2) is 0 Å². The molecule has 24 heavy (non-hydrogen) atoms. The maximum absolute atomic E-state index is 10.6. The van der Waals surface area contributed by atoms with Gasteiger partial charge in [-0.15, -0.1) is 0 Å². The molecule has 2 aromatic carbocycles. The summed E-state index contributed by atoms with van der Waals surface area (Å²) in [7, 11) is 4.25. The molecule has 0 radical (unpaired) electrons. The van der Waals surface area contributed by atoms with E-state index >= 15 is 0 Å². The van der Waals surface area contributed by atoms with Crippen molar-refractivity contribution in [3.8, 4) is 0 Å². The van der Waals surface area contributed by atoms with Gasteiger partial charge in [0.1, 0.15) is 0 Å². The third kappa shape index (κ3) is 3.81. The van der Waals surface area contributed by atoms with Crippen LogP contribution in [0.3, 0.4) is 0 Å². The number of benzene rings is 2. The number of aliphatic hydroxyl groups excluding tert-OH is 1. The Morgan fingerprint density at radius 2 is 1.88 bits per heavy atom. The average molecular weight is 386 g/mol. The maximum atomic E-state index is 10.6. The van der Waals surface area contributed by atoms with E-state index in [2.05, 4.69) is 74.5 Å². The van der Waals surface area contributed by atoms with Crippen LogP contribution in [-0.2, 0) is 0 Å². The predicted octanol–water partition coefficient (Wildman–Crippen LogP) is 4.23. The van der Waals surface area contributed by atoms with Crippen molar-refractivity contribution in [2.24, 2.45) is 0 Å². The van der Waals surface area contributed by atoms with E-state index in [-0.39, 0.29) is 6.10 Å². The molecule has 0 aromatic heterocycles. The Labute approximate surface area is 151 Å². The summed E-state index contributed by atoms with van der Waals surface area (Å²) in [4.78, 5) is 2.76. The molecule has 3 heteroatoms. The van der Waals surface area contributed by atoms with E-state index in [0.717, 1.165) is 10.9 Å². The molecule has 0 aliphatic heterocycles. The van der Waals surface area contributed by atoms with Gasteiger partial charge in [-0.2, -0.15) is 0 Å². The second kappa shape index (κ2) is 7.67. The summed E-state index contributed by atoms with van der Waals surface area (Å²) in [6, 6.07) is 15.1. The number of fused-ring (bicyclic) bond motifs is 1. The van der Waals surface area contributed by atoms with Crippen LogP contribution in [0, 0.1) is 0 Å². The first-order valence-electron chi connectivity index (χ1n) is 8.39. The molecule has 0 fully saturated rings. The zero-order valence-electron chi connectivity index (χ0n) is 14.5. The van der Waals surface area contributed by atoms with E-state index in [1.54, 1.807) is 0 Å². The SMILES string of the molecule is C[C@H](C1=CC=CC1[Se]CC(O)c1ccc2ccccc2c1)N(C)C. The summed E-state index contributed by atoms with van der Waals surface area (Å²) >= 11 is 0.355. The van der Waals surface area contributed by atoms with Gasteiger partial charge in [-0.05, 0) is 0 Å². The number of hydrogen-bond acceptors (Lipinski definition) is 2. The van der Waals surface area contributed by atoms with Crippen molar-refractivity contribution in [1.29, 1.82) is 0 Å². The number of nitrogens with zero attached hydrogens (tertiary/aromatic N) is 1. The summed E-state index contributed by atoms with van der Waals surface area (Å²) in [5.41, 5.74) is 2.51. The molecule has 3 atom stereocenters. The Bertz CT molecular complexity index is 765. The van der Waals surface area contributed by atoms with Crippen LogP contribution in [0.5, 0.6) is 0 Å². The van der Waals surface area contributed by atoms with E-state index in [1.807, 2.05) is 12.1 Å². The number of hydrogen-bond donors (Lipinski definition) is 1. The fraction of sp³-hybridized carbons (Fsp3) is 0.333. The van der Waals surface area contributed by atoms with Gasteiger partial charge in [-0.1, -0.05) is 0 Å². The average Bonchev–Trinajstić information content (AvgIpc) is 3.06. The standard InChI is InChI=1S/C21H25NOSe/c1-15(22(2)3)19-9-6-10-21(19)24-14-20(23)18-12-11-16-7-4-5-8-17(16)13-18/h4-13,15,20-21,23H,14H2,1-3H3/t15-,20?,21?/m1/s1. The Balaban J connectivity index is 1.65. The molecule has 0 saturated heterocycles. The Morgan fingerprint density at radius 1 is 1.12 bits per heavy atom.